The molecule has 1 aliphatic rings. The molecule has 0 unspecified atom stereocenters. The molecule has 2 heterocycles. The first-order valence-electron chi connectivity index (χ1n) is 8.48. The number of benzene rings is 2. The topological polar surface area (TPSA) is 84.2 Å². The number of Topliss-reactive ketones (excluding diaryl/α,β-unsaturated/α-hetero) is 1. The quantitative estimate of drug-likeness (QED) is 0.502. The van der Waals surface area contributed by atoms with Gasteiger partial charge in [-0.25, -0.2) is 4.98 Å². The fourth-order valence-corrected chi connectivity index (χ4v) is 3.51. The molecule has 3 aromatic rings. The van der Waals surface area contributed by atoms with E-state index >= 15 is 0 Å². The Balaban J connectivity index is 1.56. The molecule has 4 rings (SSSR count). The molecule has 1 aromatic heterocycles. The van der Waals surface area contributed by atoms with Crippen LogP contribution in [0.1, 0.15) is 22.3 Å². The molecule has 0 fully saturated rings. The van der Waals surface area contributed by atoms with E-state index in [2.05, 4.69) is 16.4 Å². The summed E-state index contributed by atoms with van der Waals surface area (Å²) in [5.41, 5.74) is 3.40. The zero-order valence-corrected chi connectivity index (χ0v) is 15.7. The number of rotatable bonds is 5. The Morgan fingerprint density at radius 1 is 1.25 bits per heavy atom. The summed E-state index contributed by atoms with van der Waals surface area (Å²) in [5, 5.41) is 15.1. The standard InChI is InChI=1S/C21H15N3O3S/c1-13(25)14-3-2-4-17(7-14)23-10-16(9-22)21-24-18(11-28-21)15-5-6-19-20(8-15)27-12-26-19/h2-8,10-11,23H,12H2,1H3/b16-10-. The van der Waals surface area contributed by atoms with Crippen LogP contribution in [0, 0.1) is 11.3 Å². The summed E-state index contributed by atoms with van der Waals surface area (Å²) in [6, 6.07) is 14.9. The van der Waals surface area contributed by atoms with Crippen LogP contribution in [0.2, 0.25) is 0 Å². The maximum absolute atomic E-state index is 11.5. The first-order chi connectivity index (χ1) is 13.6. The highest BCUT2D eigenvalue weighted by Crippen LogP contribution is 2.36. The van der Waals surface area contributed by atoms with Crippen LogP contribution in [0.4, 0.5) is 5.69 Å². The minimum Gasteiger partial charge on any atom is -0.454 e. The third-order valence-electron chi connectivity index (χ3n) is 4.18. The number of ether oxygens (including phenoxy) is 2. The second kappa shape index (κ2) is 7.55. The molecule has 0 aliphatic carbocycles. The van der Waals surface area contributed by atoms with Crippen molar-refractivity contribution in [1.29, 1.82) is 5.26 Å². The number of aromatic nitrogens is 1. The van der Waals surface area contributed by atoms with Crippen LogP contribution in [-0.4, -0.2) is 17.6 Å². The van der Waals surface area contributed by atoms with E-state index in [0.717, 1.165) is 16.9 Å². The molecule has 28 heavy (non-hydrogen) atoms. The van der Waals surface area contributed by atoms with Gasteiger partial charge in [-0.05, 0) is 37.3 Å². The van der Waals surface area contributed by atoms with Crippen LogP contribution < -0.4 is 14.8 Å². The molecule has 7 heteroatoms. The summed E-state index contributed by atoms with van der Waals surface area (Å²) < 4.78 is 10.7. The van der Waals surface area contributed by atoms with Crippen molar-refractivity contribution in [2.45, 2.75) is 6.92 Å². The number of ketones is 1. The summed E-state index contributed by atoms with van der Waals surface area (Å²) in [5.74, 6) is 1.39. The van der Waals surface area contributed by atoms with Crippen molar-refractivity contribution in [2.24, 2.45) is 0 Å². The number of anilines is 1. The molecular weight excluding hydrogens is 374 g/mol. The van der Waals surface area contributed by atoms with Gasteiger partial charge in [-0.2, -0.15) is 5.26 Å². The predicted molar refractivity (Wildman–Crippen MR) is 107 cm³/mol. The highest BCUT2D eigenvalue weighted by molar-refractivity contribution is 7.11. The van der Waals surface area contributed by atoms with Crippen molar-refractivity contribution in [3.05, 3.63) is 64.6 Å². The molecule has 0 saturated heterocycles. The largest absolute Gasteiger partial charge is 0.454 e. The van der Waals surface area contributed by atoms with E-state index in [9.17, 15) is 10.1 Å². The number of carbonyl (C=O) groups excluding carboxylic acids is 1. The van der Waals surface area contributed by atoms with Crippen LogP contribution in [0.15, 0.2) is 54.0 Å². The Morgan fingerprint density at radius 3 is 2.93 bits per heavy atom. The zero-order valence-electron chi connectivity index (χ0n) is 14.9. The summed E-state index contributed by atoms with van der Waals surface area (Å²) >= 11 is 1.39. The molecule has 0 radical (unpaired) electrons. The van der Waals surface area contributed by atoms with Gasteiger partial charge in [0.05, 0.1) is 5.69 Å². The van der Waals surface area contributed by atoms with E-state index in [0.29, 0.717) is 27.6 Å². The number of allylic oxidation sites excluding steroid dienone is 1. The summed E-state index contributed by atoms with van der Waals surface area (Å²) in [6.07, 6.45) is 1.60. The van der Waals surface area contributed by atoms with E-state index in [1.54, 1.807) is 24.4 Å². The average molecular weight is 389 g/mol. The number of fused-ring (bicyclic) bond motifs is 1. The van der Waals surface area contributed by atoms with Crippen molar-refractivity contribution < 1.29 is 14.3 Å². The number of nitrogens with zero attached hydrogens (tertiary/aromatic N) is 2. The molecule has 0 atom stereocenters. The first-order valence-corrected chi connectivity index (χ1v) is 9.36. The molecule has 0 spiro atoms. The van der Waals surface area contributed by atoms with E-state index in [1.807, 2.05) is 29.6 Å². The van der Waals surface area contributed by atoms with E-state index in [4.69, 9.17) is 9.47 Å². The third kappa shape index (κ3) is 3.59. The Kier molecular flexibility index (Phi) is 4.79. The lowest BCUT2D eigenvalue weighted by molar-refractivity contribution is 0.101. The van der Waals surface area contributed by atoms with Gasteiger partial charge in [0, 0.05) is 28.4 Å². The van der Waals surface area contributed by atoms with Gasteiger partial charge < -0.3 is 14.8 Å². The Hall–Kier alpha value is -3.63. The molecule has 1 aliphatic heterocycles. The van der Waals surface area contributed by atoms with Crippen molar-refractivity contribution in [3.8, 4) is 28.8 Å². The molecule has 138 valence electrons. The molecule has 0 saturated carbocycles. The van der Waals surface area contributed by atoms with Gasteiger partial charge in [-0.3, -0.25) is 4.79 Å². The Bertz CT molecular complexity index is 1130. The highest BCUT2D eigenvalue weighted by atomic mass is 32.1. The molecule has 2 aromatic carbocycles. The molecule has 6 nitrogen and oxygen atoms in total. The van der Waals surface area contributed by atoms with Gasteiger partial charge in [0.15, 0.2) is 17.3 Å². The van der Waals surface area contributed by atoms with Crippen LogP contribution in [-0.2, 0) is 0 Å². The molecule has 0 amide bonds. The van der Waals surface area contributed by atoms with Gasteiger partial charge in [0.25, 0.3) is 0 Å². The van der Waals surface area contributed by atoms with E-state index < -0.39 is 0 Å². The monoisotopic (exact) mass is 389 g/mol. The minimum atomic E-state index is -0.0126. The second-order valence-electron chi connectivity index (χ2n) is 6.06. The van der Waals surface area contributed by atoms with Gasteiger partial charge in [-0.15, -0.1) is 11.3 Å². The Morgan fingerprint density at radius 2 is 2.11 bits per heavy atom. The maximum atomic E-state index is 11.5. The van der Waals surface area contributed by atoms with Crippen LogP contribution in [0.3, 0.4) is 0 Å². The predicted octanol–water partition coefficient (Wildman–Crippen LogP) is 4.72. The smallest absolute Gasteiger partial charge is 0.231 e. The molecule has 1 N–H and O–H groups in total. The lowest BCUT2D eigenvalue weighted by Crippen LogP contribution is -1.95. The first kappa shape index (κ1) is 17.8. The van der Waals surface area contributed by atoms with Gasteiger partial charge in [-0.1, -0.05) is 12.1 Å². The van der Waals surface area contributed by atoms with E-state index in [1.165, 1.54) is 18.3 Å². The van der Waals surface area contributed by atoms with Gasteiger partial charge >= 0.3 is 0 Å². The SMILES string of the molecule is CC(=O)c1cccc(N/C=C(/C#N)c2nc(-c3ccc4c(c3)OCO4)cs2)c1. The van der Waals surface area contributed by atoms with Crippen molar-refractivity contribution >= 4 is 28.4 Å². The lowest BCUT2D eigenvalue weighted by atomic mass is 10.1. The van der Waals surface area contributed by atoms with Gasteiger partial charge in [0.2, 0.25) is 6.79 Å². The van der Waals surface area contributed by atoms with Crippen molar-refractivity contribution in [2.75, 3.05) is 12.1 Å². The second-order valence-corrected chi connectivity index (χ2v) is 6.92. The minimum absolute atomic E-state index is 0.0126. The number of nitriles is 1. The number of thiazole rings is 1. The number of nitrogens with one attached hydrogen (secondary N) is 1. The highest BCUT2D eigenvalue weighted by Gasteiger charge is 2.16. The average Bonchev–Trinajstić information content (AvgIpc) is 3.38. The number of hydrogen-bond acceptors (Lipinski definition) is 7. The number of hydrogen-bond donors (Lipinski definition) is 1. The maximum Gasteiger partial charge on any atom is 0.231 e. The van der Waals surface area contributed by atoms with E-state index in [-0.39, 0.29) is 12.6 Å². The lowest BCUT2D eigenvalue weighted by Gasteiger charge is -2.03. The van der Waals surface area contributed by atoms with Crippen molar-refractivity contribution in [1.82, 2.24) is 4.98 Å². The zero-order chi connectivity index (χ0) is 19.5. The number of carbonyl (C=O) groups is 1. The summed E-state index contributed by atoms with van der Waals surface area (Å²) in [4.78, 5) is 16.1. The fraction of sp³-hybridized carbons (Fsp3) is 0.0952. The molecule has 0 bridgehead atoms. The van der Waals surface area contributed by atoms with Crippen molar-refractivity contribution in [3.63, 3.8) is 0 Å². The van der Waals surface area contributed by atoms with Crippen LogP contribution >= 0.6 is 11.3 Å². The molecular formula is C21H15N3O3S. The Labute approximate surface area is 165 Å². The summed E-state index contributed by atoms with van der Waals surface area (Å²) in [7, 11) is 0. The third-order valence-corrected chi connectivity index (χ3v) is 5.05. The van der Waals surface area contributed by atoms with Crippen LogP contribution in [0.5, 0.6) is 11.5 Å². The fourth-order valence-electron chi connectivity index (χ4n) is 2.71. The van der Waals surface area contributed by atoms with Crippen LogP contribution in [0.25, 0.3) is 16.8 Å². The summed E-state index contributed by atoms with van der Waals surface area (Å²) in [6.45, 7) is 1.74. The van der Waals surface area contributed by atoms with Gasteiger partial charge in [0.1, 0.15) is 16.6 Å². The normalized spacial score (nSPS) is 12.5.